The van der Waals surface area contributed by atoms with Crippen molar-refractivity contribution in [3.63, 3.8) is 0 Å². The summed E-state index contributed by atoms with van der Waals surface area (Å²) in [5, 5.41) is 6.55. The fourth-order valence-electron chi connectivity index (χ4n) is 3.06. The maximum absolute atomic E-state index is 12.3. The summed E-state index contributed by atoms with van der Waals surface area (Å²) in [4.78, 5) is 18.7. The molecule has 0 bridgehead atoms. The molecule has 1 heterocycles. The monoisotopic (exact) mass is 556 g/mol. The van der Waals surface area contributed by atoms with Gasteiger partial charge in [0, 0.05) is 59.2 Å². The van der Waals surface area contributed by atoms with E-state index in [9.17, 15) is 4.79 Å². The van der Waals surface area contributed by atoms with Crippen molar-refractivity contribution >= 4 is 36.0 Å². The van der Waals surface area contributed by atoms with Gasteiger partial charge in [-0.15, -0.1) is 24.0 Å². The van der Waals surface area contributed by atoms with Gasteiger partial charge in [-0.05, 0) is 59.3 Å². The van der Waals surface area contributed by atoms with Crippen LogP contribution in [-0.4, -0.2) is 81.7 Å². The molecule has 2 N–H and O–H groups in total. The number of carbonyl (C=O) groups excluding carboxylic acids is 1. The number of rotatable bonds is 12. The van der Waals surface area contributed by atoms with Crippen LogP contribution in [0.3, 0.4) is 0 Å². The normalized spacial score (nSPS) is 15.2. The van der Waals surface area contributed by atoms with Crippen LogP contribution in [0.25, 0.3) is 0 Å². The van der Waals surface area contributed by atoms with Crippen LogP contribution in [0, 0.1) is 5.92 Å². The van der Waals surface area contributed by atoms with Crippen molar-refractivity contribution < 1.29 is 19.0 Å². The minimum Gasteiger partial charge on any atom is -0.444 e. The van der Waals surface area contributed by atoms with Gasteiger partial charge in [0.1, 0.15) is 5.60 Å². The lowest BCUT2D eigenvalue weighted by Gasteiger charge is -2.27. The molecule has 1 aliphatic heterocycles. The maximum atomic E-state index is 12.3. The molecule has 0 aromatic heterocycles. The number of aliphatic imine (C=N–C) groups is 1. The van der Waals surface area contributed by atoms with E-state index in [4.69, 9.17) is 14.2 Å². The molecule has 0 aliphatic carbocycles. The van der Waals surface area contributed by atoms with Crippen molar-refractivity contribution in [2.45, 2.75) is 65.9 Å². The van der Waals surface area contributed by atoms with E-state index in [1.165, 1.54) is 0 Å². The minimum atomic E-state index is -0.486. The molecule has 1 fully saturated rings. The van der Waals surface area contributed by atoms with E-state index < -0.39 is 5.60 Å². The summed E-state index contributed by atoms with van der Waals surface area (Å²) in [6.45, 7) is 16.4. The number of nitrogens with zero attached hydrogens (tertiary/aromatic N) is 2. The molecular weight excluding hydrogens is 511 g/mol. The molecule has 1 amide bonds. The fraction of sp³-hybridized carbons (Fsp3) is 0.909. The first-order valence-corrected chi connectivity index (χ1v) is 11.5. The highest BCUT2D eigenvalue weighted by molar-refractivity contribution is 14.0. The molecular formula is C22H45IN4O4. The van der Waals surface area contributed by atoms with Crippen molar-refractivity contribution in [1.29, 1.82) is 0 Å². The van der Waals surface area contributed by atoms with E-state index in [1.54, 1.807) is 4.90 Å². The lowest BCUT2D eigenvalue weighted by Crippen LogP contribution is -2.44. The number of guanidine groups is 1. The number of ether oxygens (including phenoxy) is 3. The standard InChI is InChI=1S/C22H44N4O4.HI/c1-6-13-26(21(27)30-22(3,4)5)14-12-25-20(23-7-2)24-11-8-15-29-18-19-9-16-28-17-10-19;/h19H,6-18H2,1-5H3,(H2,23,24,25);1H. The number of hydrogen-bond donors (Lipinski definition) is 2. The Bertz CT molecular complexity index is 494. The first kappa shape index (κ1) is 30.2. The Morgan fingerprint density at radius 1 is 1.16 bits per heavy atom. The van der Waals surface area contributed by atoms with Crippen molar-refractivity contribution in [3.05, 3.63) is 0 Å². The second-order valence-electron chi connectivity index (χ2n) is 8.64. The minimum absolute atomic E-state index is 0. The third-order valence-corrected chi connectivity index (χ3v) is 4.57. The van der Waals surface area contributed by atoms with E-state index >= 15 is 0 Å². The van der Waals surface area contributed by atoms with Crippen LogP contribution in [0.1, 0.15) is 60.3 Å². The zero-order chi connectivity index (χ0) is 22.2. The second kappa shape index (κ2) is 17.7. The summed E-state index contributed by atoms with van der Waals surface area (Å²) in [5.41, 5.74) is -0.486. The summed E-state index contributed by atoms with van der Waals surface area (Å²) in [7, 11) is 0. The van der Waals surface area contributed by atoms with Gasteiger partial charge in [0.15, 0.2) is 5.96 Å². The molecule has 0 aromatic carbocycles. The van der Waals surface area contributed by atoms with Gasteiger partial charge in [0.05, 0.1) is 0 Å². The summed E-state index contributed by atoms with van der Waals surface area (Å²) in [5.74, 6) is 1.40. The van der Waals surface area contributed by atoms with Gasteiger partial charge in [0.25, 0.3) is 0 Å². The van der Waals surface area contributed by atoms with E-state index in [0.29, 0.717) is 32.1 Å². The van der Waals surface area contributed by atoms with E-state index in [-0.39, 0.29) is 30.1 Å². The summed E-state index contributed by atoms with van der Waals surface area (Å²) < 4.78 is 16.7. The highest BCUT2D eigenvalue weighted by atomic mass is 127. The lowest BCUT2D eigenvalue weighted by atomic mass is 10.0. The van der Waals surface area contributed by atoms with Gasteiger partial charge in [-0.1, -0.05) is 6.92 Å². The molecule has 31 heavy (non-hydrogen) atoms. The molecule has 0 aromatic rings. The second-order valence-corrected chi connectivity index (χ2v) is 8.64. The fourth-order valence-corrected chi connectivity index (χ4v) is 3.06. The summed E-state index contributed by atoms with van der Waals surface area (Å²) >= 11 is 0. The van der Waals surface area contributed by atoms with Crippen molar-refractivity contribution in [2.75, 3.05) is 59.2 Å². The molecule has 1 rings (SSSR count). The Morgan fingerprint density at radius 3 is 2.48 bits per heavy atom. The van der Waals surface area contributed by atoms with E-state index in [0.717, 1.165) is 64.6 Å². The Kier molecular flexibility index (Phi) is 17.2. The Morgan fingerprint density at radius 2 is 1.87 bits per heavy atom. The molecule has 9 heteroatoms. The van der Waals surface area contributed by atoms with Crippen LogP contribution in [0.4, 0.5) is 4.79 Å². The molecule has 184 valence electrons. The van der Waals surface area contributed by atoms with E-state index in [1.807, 2.05) is 27.7 Å². The molecule has 0 atom stereocenters. The van der Waals surface area contributed by atoms with Gasteiger partial charge in [-0.2, -0.15) is 0 Å². The molecule has 8 nitrogen and oxygen atoms in total. The molecule has 0 saturated carbocycles. The van der Waals surface area contributed by atoms with Gasteiger partial charge in [0.2, 0.25) is 0 Å². The van der Waals surface area contributed by atoms with Crippen LogP contribution >= 0.6 is 24.0 Å². The van der Waals surface area contributed by atoms with Crippen LogP contribution in [-0.2, 0) is 14.2 Å². The van der Waals surface area contributed by atoms with Crippen LogP contribution in [0.15, 0.2) is 4.99 Å². The predicted octanol–water partition coefficient (Wildman–Crippen LogP) is 3.64. The lowest BCUT2D eigenvalue weighted by molar-refractivity contribution is 0.0205. The number of halogens is 1. The highest BCUT2D eigenvalue weighted by Crippen LogP contribution is 2.14. The van der Waals surface area contributed by atoms with E-state index in [2.05, 4.69) is 22.5 Å². The quantitative estimate of drug-likeness (QED) is 0.165. The molecule has 1 aliphatic rings. The summed E-state index contributed by atoms with van der Waals surface area (Å²) in [6.07, 6.45) is 3.71. The Balaban J connectivity index is 0.00000900. The topological polar surface area (TPSA) is 84.4 Å². The van der Waals surface area contributed by atoms with Crippen LogP contribution < -0.4 is 10.6 Å². The highest BCUT2D eigenvalue weighted by Gasteiger charge is 2.21. The zero-order valence-electron chi connectivity index (χ0n) is 20.2. The first-order valence-electron chi connectivity index (χ1n) is 11.5. The number of amides is 1. The molecule has 0 spiro atoms. The summed E-state index contributed by atoms with van der Waals surface area (Å²) in [6, 6.07) is 0. The van der Waals surface area contributed by atoms with Crippen molar-refractivity contribution in [1.82, 2.24) is 15.5 Å². The van der Waals surface area contributed by atoms with Crippen molar-refractivity contribution in [2.24, 2.45) is 10.9 Å². The molecule has 1 saturated heterocycles. The third-order valence-electron chi connectivity index (χ3n) is 4.57. The predicted molar refractivity (Wildman–Crippen MR) is 136 cm³/mol. The average Bonchev–Trinajstić information content (AvgIpc) is 2.69. The van der Waals surface area contributed by atoms with Gasteiger partial charge < -0.3 is 29.7 Å². The molecule has 0 unspecified atom stereocenters. The first-order chi connectivity index (χ1) is 14.4. The molecule has 0 radical (unpaired) electrons. The largest absolute Gasteiger partial charge is 0.444 e. The van der Waals surface area contributed by atoms with Crippen molar-refractivity contribution in [3.8, 4) is 0 Å². The van der Waals surface area contributed by atoms with Gasteiger partial charge >= 0.3 is 6.09 Å². The zero-order valence-corrected chi connectivity index (χ0v) is 22.5. The Hall–Kier alpha value is -0.810. The average molecular weight is 557 g/mol. The number of carbonyl (C=O) groups is 1. The van der Waals surface area contributed by atoms with Crippen LogP contribution in [0.2, 0.25) is 0 Å². The van der Waals surface area contributed by atoms with Gasteiger partial charge in [-0.3, -0.25) is 4.99 Å². The maximum Gasteiger partial charge on any atom is 0.410 e. The smallest absolute Gasteiger partial charge is 0.410 e. The third kappa shape index (κ3) is 15.6. The number of hydrogen-bond acceptors (Lipinski definition) is 5. The SMILES string of the molecule is CCCN(CCNC(=NCCCOCC1CCOCC1)NCC)C(=O)OC(C)(C)C.I. The number of nitrogens with one attached hydrogen (secondary N) is 2. The Labute approximate surface area is 206 Å². The van der Waals surface area contributed by atoms with Crippen LogP contribution in [0.5, 0.6) is 0 Å². The van der Waals surface area contributed by atoms with Gasteiger partial charge in [-0.25, -0.2) is 4.79 Å².